The zero-order valence-corrected chi connectivity index (χ0v) is 5.65. The van der Waals surface area contributed by atoms with E-state index in [0.717, 1.165) is 5.57 Å². The number of amidine groups is 1. The average Bonchev–Trinajstić information content (AvgIpc) is 1.90. The topological polar surface area (TPSA) is 24.4 Å². The third-order valence-electron chi connectivity index (χ3n) is 1.04. The Morgan fingerprint density at radius 1 is 1.89 bits per heavy atom. The number of nitrogens with zero attached hydrogens (tertiary/aromatic N) is 1. The molecule has 0 spiro atoms. The molecule has 0 amide bonds. The number of hydrogen-bond donors (Lipinski definition) is 1. The first-order valence-corrected chi connectivity index (χ1v) is 2.98. The summed E-state index contributed by atoms with van der Waals surface area (Å²) < 4.78 is 0. The Balaban J connectivity index is 2.58. The molecule has 1 aliphatic heterocycles. The van der Waals surface area contributed by atoms with E-state index in [4.69, 9.17) is 11.6 Å². The molecule has 0 fully saturated rings. The van der Waals surface area contributed by atoms with Gasteiger partial charge in [-0.15, -0.1) is 0 Å². The molecular formula is C6H7ClN2. The van der Waals surface area contributed by atoms with E-state index in [1.165, 1.54) is 0 Å². The van der Waals surface area contributed by atoms with Crippen molar-refractivity contribution in [3.8, 4) is 0 Å². The summed E-state index contributed by atoms with van der Waals surface area (Å²) in [6.07, 6.45) is 3.54. The Labute approximate surface area is 58.9 Å². The second kappa shape index (κ2) is 2.69. The maximum Gasteiger partial charge on any atom is 0.195 e. The van der Waals surface area contributed by atoms with Crippen molar-refractivity contribution in [3.63, 3.8) is 0 Å². The highest BCUT2D eigenvalue weighted by molar-refractivity contribution is 6.64. The fourth-order valence-electron chi connectivity index (χ4n) is 0.528. The minimum atomic E-state index is 0.445. The molecule has 0 bridgehead atoms. The SMILES string of the molecule is C=CC1=CNC(Cl)=NC1. The van der Waals surface area contributed by atoms with E-state index < -0.39 is 0 Å². The summed E-state index contributed by atoms with van der Waals surface area (Å²) in [5.41, 5.74) is 1.06. The highest BCUT2D eigenvalue weighted by Crippen LogP contribution is 2.00. The molecule has 1 aliphatic rings. The molecule has 2 nitrogen and oxygen atoms in total. The van der Waals surface area contributed by atoms with Crippen LogP contribution in [0.4, 0.5) is 0 Å². The second-order valence-electron chi connectivity index (χ2n) is 1.67. The number of rotatable bonds is 1. The lowest BCUT2D eigenvalue weighted by Crippen LogP contribution is -2.16. The van der Waals surface area contributed by atoms with Gasteiger partial charge in [0.15, 0.2) is 5.29 Å². The van der Waals surface area contributed by atoms with E-state index >= 15 is 0 Å². The third-order valence-corrected chi connectivity index (χ3v) is 1.27. The van der Waals surface area contributed by atoms with Crippen LogP contribution in [-0.4, -0.2) is 11.8 Å². The number of nitrogens with one attached hydrogen (secondary N) is 1. The Morgan fingerprint density at radius 2 is 2.67 bits per heavy atom. The van der Waals surface area contributed by atoms with Gasteiger partial charge in [-0.2, -0.15) is 0 Å². The molecule has 0 aromatic rings. The second-order valence-corrected chi connectivity index (χ2v) is 2.03. The van der Waals surface area contributed by atoms with Gasteiger partial charge in [0.25, 0.3) is 0 Å². The normalized spacial score (nSPS) is 17.4. The van der Waals surface area contributed by atoms with E-state index in [1.54, 1.807) is 12.3 Å². The van der Waals surface area contributed by atoms with Crippen LogP contribution in [0.25, 0.3) is 0 Å². The lowest BCUT2D eigenvalue weighted by molar-refractivity contribution is 1.08. The minimum absolute atomic E-state index is 0.445. The van der Waals surface area contributed by atoms with Gasteiger partial charge < -0.3 is 5.32 Å². The van der Waals surface area contributed by atoms with Crippen LogP contribution in [0.3, 0.4) is 0 Å². The highest BCUT2D eigenvalue weighted by atomic mass is 35.5. The molecule has 1 heterocycles. The molecule has 1 N–H and O–H groups in total. The van der Waals surface area contributed by atoms with Crippen molar-refractivity contribution in [2.45, 2.75) is 0 Å². The first-order chi connectivity index (χ1) is 4.33. The van der Waals surface area contributed by atoms with Crippen LogP contribution in [0.5, 0.6) is 0 Å². The van der Waals surface area contributed by atoms with Crippen molar-refractivity contribution in [2.75, 3.05) is 6.54 Å². The molecule has 0 aliphatic carbocycles. The van der Waals surface area contributed by atoms with Gasteiger partial charge in [-0.05, 0) is 17.2 Å². The fourth-order valence-corrected chi connectivity index (χ4v) is 0.642. The fraction of sp³-hybridized carbons (Fsp3) is 0.167. The molecule has 0 aromatic heterocycles. The summed E-state index contributed by atoms with van der Waals surface area (Å²) >= 11 is 5.50. The Bertz CT molecular complexity index is 181. The molecule has 0 radical (unpaired) electrons. The van der Waals surface area contributed by atoms with Crippen LogP contribution in [0.15, 0.2) is 29.4 Å². The smallest absolute Gasteiger partial charge is 0.195 e. The number of halogens is 1. The molecule has 0 saturated carbocycles. The van der Waals surface area contributed by atoms with Gasteiger partial charge in [0.05, 0.1) is 6.54 Å². The van der Waals surface area contributed by atoms with Crippen LogP contribution < -0.4 is 5.32 Å². The van der Waals surface area contributed by atoms with E-state index in [0.29, 0.717) is 11.8 Å². The number of aliphatic imine (C=N–C) groups is 1. The monoisotopic (exact) mass is 142 g/mol. The standard InChI is InChI=1S/C6H7ClN2/c1-2-5-3-8-6(7)9-4-5/h2-3H,1,4H2,(H,8,9). The van der Waals surface area contributed by atoms with Crippen LogP contribution in [-0.2, 0) is 0 Å². The molecular weight excluding hydrogens is 136 g/mol. The third kappa shape index (κ3) is 1.57. The molecule has 48 valence electrons. The Morgan fingerprint density at radius 3 is 3.11 bits per heavy atom. The maximum atomic E-state index is 5.50. The lowest BCUT2D eigenvalue weighted by atomic mass is 10.3. The van der Waals surface area contributed by atoms with Crippen molar-refractivity contribution in [2.24, 2.45) is 4.99 Å². The molecule has 0 unspecified atom stereocenters. The molecule has 0 atom stereocenters. The summed E-state index contributed by atoms with van der Waals surface area (Å²) in [5.74, 6) is 0. The van der Waals surface area contributed by atoms with Crippen molar-refractivity contribution in [3.05, 3.63) is 24.4 Å². The van der Waals surface area contributed by atoms with Crippen molar-refractivity contribution < 1.29 is 0 Å². The summed E-state index contributed by atoms with van der Waals surface area (Å²) in [6.45, 7) is 4.22. The summed E-state index contributed by atoms with van der Waals surface area (Å²) in [5, 5.41) is 3.21. The average molecular weight is 143 g/mol. The maximum absolute atomic E-state index is 5.50. The molecule has 1 rings (SSSR count). The van der Waals surface area contributed by atoms with E-state index in [2.05, 4.69) is 16.9 Å². The van der Waals surface area contributed by atoms with Crippen LogP contribution >= 0.6 is 11.6 Å². The van der Waals surface area contributed by atoms with Gasteiger partial charge in [-0.3, -0.25) is 4.99 Å². The Kier molecular flexibility index (Phi) is 1.90. The quantitative estimate of drug-likeness (QED) is 0.548. The molecule has 0 saturated heterocycles. The summed E-state index contributed by atoms with van der Waals surface area (Å²) in [4.78, 5) is 3.91. The molecule has 0 aromatic carbocycles. The summed E-state index contributed by atoms with van der Waals surface area (Å²) in [7, 11) is 0. The molecule has 9 heavy (non-hydrogen) atoms. The zero-order valence-electron chi connectivity index (χ0n) is 4.89. The van der Waals surface area contributed by atoms with Gasteiger partial charge in [0.2, 0.25) is 0 Å². The van der Waals surface area contributed by atoms with E-state index in [9.17, 15) is 0 Å². The van der Waals surface area contributed by atoms with Crippen molar-refractivity contribution in [1.82, 2.24) is 5.32 Å². The van der Waals surface area contributed by atoms with Crippen LogP contribution in [0, 0.1) is 0 Å². The first kappa shape index (κ1) is 6.36. The summed E-state index contributed by atoms with van der Waals surface area (Å²) in [6, 6.07) is 0. The highest BCUT2D eigenvalue weighted by Gasteiger charge is 1.98. The molecule has 3 heteroatoms. The van der Waals surface area contributed by atoms with Gasteiger partial charge in [0.1, 0.15) is 0 Å². The Hall–Kier alpha value is -0.760. The zero-order chi connectivity index (χ0) is 6.69. The predicted octanol–water partition coefficient (Wildman–Crippen LogP) is 1.25. The minimum Gasteiger partial charge on any atom is -0.337 e. The van der Waals surface area contributed by atoms with E-state index in [-0.39, 0.29) is 0 Å². The van der Waals surface area contributed by atoms with E-state index in [1.807, 2.05) is 0 Å². The van der Waals surface area contributed by atoms with Gasteiger partial charge in [0, 0.05) is 6.20 Å². The van der Waals surface area contributed by atoms with Crippen LogP contribution in [0.1, 0.15) is 0 Å². The van der Waals surface area contributed by atoms with Crippen LogP contribution in [0.2, 0.25) is 0 Å². The van der Waals surface area contributed by atoms with Crippen molar-refractivity contribution in [1.29, 1.82) is 0 Å². The number of hydrogen-bond acceptors (Lipinski definition) is 2. The van der Waals surface area contributed by atoms with Gasteiger partial charge in [-0.1, -0.05) is 12.7 Å². The van der Waals surface area contributed by atoms with Gasteiger partial charge in [-0.25, -0.2) is 0 Å². The van der Waals surface area contributed by atoms with Crippen molar-refractivity contribution >= 4 is 16.9 Å². The largest absolute Gasteiger partial charge is 0.337 e. The first-order valence-electron chi connectivity index (χ1n) is 2.61. The van der Waals surface area contributed by atoms with Gasteiger partial charge >= 0.3 is 0 Å². The predicted molar refractivity (Wildman–Crippen MR) is 39.6 cm³/mol. The lowest BCUT2D eigenvalue weighted by Gasteiger charge is -2.05.